The summed E-state index contributed by atoms with van der Waals surface area (Å²) in [5.74, 6) is -0.934. The van der Waals surface area contributed by atoms with Crippen LogP contribution in [-0.4, -0.2) is 41.7 Å². The zero-order valence-corrected chi connectivity index (χ0v) is 16.6. The molecule has 0 radical (unpaired) electrons. The summed E-state index contributed by atoms with van der Waals surface area (Å²) >= 11 is -2.14. The van der Waals surface area contributed by atoms with Crippen LogP contribution in [0.4, 0.5) is 8.78 Å². The molecule has 10 atom stereocenters. The van der Waals surface area contributed by atoms with Gasteiger partial charge in [0.1, 0.15) is 6.10 Å². The molecule has 5 aliphatic rings. The van der Waals surface area contributed by atoms with Gasteiger partial charge in [-0.15, -0.1) is 0 Å². The lowest BCUT2D eigenvalue weighted by Crippen LogP contribution is -2.44. The molecule has 2 bridgehead atoms. The van der Waals surface area contributed by atoms with Crippen molar-refractivity contribution in [3.8, 4) is 0 Å². The van der Waals surface area contributed by atoms with E-state index in [1.54, 1.807) is 0 Å². The van der Waals surface area contributed by atoms with Crippen molar-refractivity contribution in [2.75, 3.05) is 0 Å². The zero-order chi connectivity index (χ0) is 20.0. The van der Waals surface area contributed by atoms with E-state index in [-0.39, 0.29) is 23.7 Å². The fourth-order valence-corrected chi connectivity index (χ4v) is 7.36. The van der Waals surface area contributed by atoms with Crippen LogP contribution in [0.5, 0.6) is 0 Å². The van der Waals surface area contributed by atoms with Crippen molar-refractivity contribution < 1.29 is 35.5 Å². The predicted molar refractivity (Wildman–Crippen MR) is 91.9 cm³/mol. The Morgan fingerprint density at radius 1 is 1.18 bits per heavy atom. The van der Waals surface area contributed by atoms with Crippen molar-refractivity contribution in [3.05, 3.63) is 0 Å². The molecule has 7 nitrogen and oxygen atoms in total. The van der Waals surface area contributed by atoms with Crippen molar-refractivity contribution in [2.45, 2.75) is 61.2 Å². The number of ether oxygens (including phenoxy) is 1. The van der Waals surface area contributed by atoms with Crippen LogP contribution in [0.25, 0.3) is 0 Å². The molecule has 0 aromatic carbocycles. The van der Waals surface area contributed by atoms with E-state index in [9.17, 15) is 26.5 Å². The lowest BCUT2D eigenvalue weighted by molar-refractivity contribution is -0.173. The number of fused-ring (bicyclic) bond motifs is 5. The van der Waals surface area contributed by atoms with Gasteiger partial charge in [0.15, 0.2) is 0 Å². The largest absolute Gasteiger partial charge is 0.772 e. The summed E-state index contributed by atoms with van der Waals surface area (Å²) in [6.45, 7) is 0. The topological polar surface area (TPSA) is 117 Å². The van der Waals surface area contributed by atoms with Gasteiger partial charge in [0.05, 0.1) is 6.10 Å². The normalized spacial score (nSPS) is 46.5. The third-order valence-electron chi connectivity index (χ3n) is 7.22. The third-order valence-corrected chi connectivity index (χ3v) is 9.68. The van der Waals surface area contributed by atoms with Gasteiger partial charge in [-0.2, -0.15) is 8.78 Å². The molecular formula is C17H22F2NO6S2-. The number of hydrogen-bond acceptors (Lipinski definition) is 7. The lowest BCUT2D eigenvalue weighted by Gasteiger charge is -2.32. The Morgan fingerprint density at radius 3 is 2.43 bits per heavy atom. The molecule has 5 saturated carbocycles. The lowest BCUT2D eigenvalue weighted by atomic mass is 9.82. The monoisotopic (exact) mass is 438 g/mol. The van der Waals surface area contributed by atoms with Gasteiger partial charge < -0.3 is 9.29 Å². The van der Waals surface area contributed by atoms with Crippen LogP contribution >= 0.6 is 0 Å². The number of alkyl halides is 2. The quantitative estimate of drug-likeness (QED) is 0.459. The molecule has 1 N–H and O–H groups in total. The van der Waals surface area contributed by atoms with Gasteiger partial charge in [-0.1, -0.05) is 11.1 Å². The van der Waals surface area contributed by atoms with E-state index in [2.05, 4.69) is 4.18 Å². The maximum absolute atomic E-state index is 14.4. The van der Waals surface area contributed by atoms with Gasteiger partial charge in [0.25, 0.3) is 0 Å². The van der Waals surface area contributed by atoms with E-state index in [1.807, 2.05) is 0 Å². The van der Waals surface area contributed by atoms with E-state index in [0.717, 1.165) is 12.8 Å². The molecule has 0 amide bonds. The summed E-state index contributed by atoms with van der Waals surface area (Å²) in [5, 5.41) is -4.92. The van der Waals surface area contributed by atoms with Crippen LogP contribution < -0.4 is 0 Å². The standard InChI is InChI=1S/C17H23F2NO6S2/c18-17(19,28(20,24)26-8-1-2-8)16(21)25-15-12(3-7-4-14(7)27(22)23)11-6-13(15)10-5-9(10)11/h7-15,20H,1-6H2,(H,22,23)/p-1. The van der Waals surface area contributed by atoms with Crippen LogP contribution in [-0.2, 0) is 34.8 Å². The molecule has 10 unspecified atom stereocenters. The van der Waals surface area contributed by atoms with Gasteiger partial charge in [0.2, 0.25) is 10.0 Å². The molecule has 5 rings (SSSR count). The first-order chi connectivity index (χ1) is 13.1. The Hall–Kier alpha value is -0.650. The molecule has 0 aromatic rings. The maximum Gasteiger partial charge on any atom is 0.446 e. The molecule has 158 valence electrons. The van der Waals surface area contributed by atoms with Crippen molar-refractivity contribution >= 4 is 27.1 Å². The summed E-state index contributed by atoms with van der Waals surface area (Å²) in [6, 6.07) is 0. The minimum absolute atomic E-state index is 0.000773. The fraction of sp³-hybridized carbons (Fsp3) is 0.941. The summed E-state index contributed by atoms with van der Waals surface area (Å²) in [6.07, 6.45) is 2.42. The van der Waals surface area contributed by atoms with Crippen molar-refractivity contribution in [3.63, 3.8) is 0 Å². The minimum atomic E-state index is -4.89. The zero-order valence-electron chi connectivity index (χ0n) is 15.0. The molecule has 0 spiro atoms. The molecule has 0 aromatic heterocycles. The summed E-state index contributed by atoms with van der Waals surface area (Å²) in [7, 11) is -4.89. The fourth-order valence-electron chi connectivity index (χ4n) is 5.57. The number of carbonyl (C=O) groups is 1. The van der Waals surface area contributed by atoms with Gasteiger partial charge in [-0.3, -0.25) is 8.39 Å². The smallest absolute Gasteiger partial charge is 0.446 e. The second-order valence-electron chi connectivity index (χ2n) is 9.01. The number of rotatable bonds is 8. The number of nitrogens with one attached hydrogen (secondary N) is 1. The number of halogens is 2. The first-order valence-electron chi connectivity index (χ1n) is 9.73. The van der Waals surface area contributed by atoms with E-state index in [0.29, 0.717) is 37.5 Å². The number of esters is 1. The Balaban J connectivity index is 1.30. The highest BCUT2D eigenvalue weighted by Gasteiger charge is 2.68. The van der Waals surface area contributed by atoms with Gasteiger partial charge >= 0.3 is 11.2 Å². The maximum atomic E-state index is 14.4. The van der Waals surface area contributed by atoms with Crippen LogP contribution in [0.3, 0.4) is 0 Å². The first-order valence-corrected chi connectivity index (χ1v) is 12.4. The number of carbonyl (C=O) groups excluding carboxylic acids is 1. The molecule has 0 heterocycles. The Labute approximate surface area is 164 Å². The molecule has 0 aliphatic heterocycles. The van der Waals surface area contributed by atoms with Crippen molar-refractivity contribution in [1.29, 1.82) is 4.78 Å². The number of hydrogen-bond donors (Lipinski definition) is 1. The highest BCUT2D eigenvalue weighted by molar-refractivity contribution is 7.89. The second kappa shape index (κ2) is 6.18. The highest BCUT2D eigenvalue weighted by Crippen LogP contribution is 2.69. The van der Waals surface area contributed by atoms with E-state index in [1.165, 1.54) is 0 Å². The summed E-state index contributed by atoms with van der Waals surface area (Å²) < 4.78 is 80.3. The highest BCUT2D eigenvalue weighted by atomic mass is 32.2. The van der Waals surface area contributed by atoms with Crippen molar-refractivity contribution in [1.82, 2.24) is 0 Å². The Morgan fingerprint density at radius 2 is 1.82 bits per heavy atom. The molecule has 11 heteroatoms. The Bertz CT molecular complexity index is 832. The summed E-state index contributed by atoms with van der Waals surface area (Å²) in [4.78, 5) is 12.2. The van der Waals surface area contributed by atoms with E-state index in [4.69, 9.17) is 9.52 Å². The predicted octanol–water partition coefficient (Wildman–Crippen LogP) is 2.19. The van der Waals surface area contributed by atoms with Gasteiger partial charge in [-0.05, 0) is 74.0 Å². The summed E-state index contributed by atoms with van der Waals surface area (Å²) in [5.41, 5.74) is 0. The van der Waals surface area contributed by atoms with Crippen LogP contribution in [0, 0.1) is 40.3 Å². The molecule has 5 aliphatic carbocycles. The van der Waals surface area contributed by atoms with Crippen LogP contribution in [0.1, 0.15) is 38.5 Å². The van der Waals surface area contributed by atoms with Gasteiger partial charge in [-0.25, -0.2) is 13.8 Å². The van der Waals surface area contributed by atoms with Crippen LogP contribution in [0.15, 0.2) is 0 Å². The van der Waals surface area contributed by atoms with E-state index >= 15 is 0 Å². The van der Waals surface area contributed by atoms with Gasteiger partial charge in [0, 0.05) is 5.25 Å². The minimum Gasteiger partial charge on any atom is -0.772 e. The molecule has 0 saturated heterocycles. The second-order valence-corrected chi connectivity index (χ2v) is 11.8. The average Bonchev–Trinajstić information content (AvgIpc) is 3.49. The van der Waals surface area contributed by atoms with E-state index < -0.39 is 49.8 Å². The third kappa shape index (κ3) is 3.04. The Kier molecular flexibility index (Phi) is 4.26. The molecule has 5 fully saturated rings. The van der Waals surface area contributed by atoms with Crippen molar-refractivity contribution in [2.24, 2.45) is 35.5 Å². The average molecular weight is 438 g/mol. The SMILES string of the molecule is N=S(=O)(OC1CC1)C(F)(F)C(=O)OC1C(CC2CC2S(=O)[O-])C2CC1C1CC21. The van der Waals surface area contributed by atoms with Crippen LogP contribution in [0.2, 0.25) is 0 Å². The molecule has 28 heavy (non-hydrogen) atoms. The first kappa shape index (κ1) is 19.3. The molecular weight excluding hydrogens is 416 g/mol.